The van der Waals surface area contributed by atoms with Gasteiger partial charge in [0, 0.05) is 35.3 Å². The Morgan fingerprint density at radius 1 is 1.35 bits per heavy atom. The molecule has 0 radical (unpaired) electrons. The number of nitrogens with zero attached hydrogens (tertiary/aromatic N) is 2. The topological polar surface area (TPSA) is 37.3 Å². The molecular weight excluding hydrogens is 318 g/mol. The van der Waals surface area contributed by atoms with Crippen LogP contribution >= 0.6 is 15.9 Å². The molecule has 1 aromatic rings. The van der Waals surface area contributed by atoms with Crippen molar-refractivity contribution in [3.05, 3.63) is 22.4 Å². The Hall–Kier alpha value is -0.810. The summed E-state index contributed by atoms with van der Waals surface area (Å²) in [7, 11) is 0. The molecule has 1 amide bonds. The molecule has 4 nitrogen and oxygen atoms in total. The van der Waals surface area contributed by atoms with Gasteiger partial charge in [0.05, 0.1) is 0 Å². The van der Waals surface area contributed by atoms with Crippen LogP contribution in [0.3, 0.4) is 0 Å². The maximum atomic E-state index is 13.0. The van der Waals surface area contributed by atoms with Gasteiger partial charge in [-0.15, -0.1) is 0 Å². The predicted octanol–water partition coefficient (Wildman–Crippen LogP) is 2.80. The van der Waals surface area contributed by atoms with Gasteiger partial charge in [-0.3, -0.25) is 4.79 Å². The molecule has 1 N–H and O–H groups in total. The lowest BCUT2D eigenvalue weighted by Crippen LogP contribution is -2.43. The molecule has 3 heterocycles. The van der Waals surface area contributed by atoms with Gasteiger partial charge in [-0.05, 0) is 61.7 Å². The summed E-state index contributed by atoms with van der Waals surface area (Å²) in [6.45, 7) is 6.19. The number of hydrogen-bond donors (Lipinski definition) is 1. The quantitative estimate of drug-likeness (QED) is 0.899. The smallest absolute Gasteiger partial charge is 0.271 e. The van der Waals surface area contributed by atoms with Gasteiger partial charge in [0.1, 0.15) is 5.69 Å². The molecular formula is C15H22BrN3O. The van der Waals surface area contributed by atoms with Crippen molar-refractivity contribution in [1.29, 1.82) is 0 Å². The van der Waals surface area contributed by atoms with Crippen LogP contribution in [0.5, 0.6) is 0 Å². The summed E-state index contributed by atoms with van der Waals surface area (Å²) in [4.78, 5) is 15.1. The van der Waals surface area contributed by atoms with Crippen molar-refractivity contribution < 1.29 is 4.79 Å². The zero-order chi connectivity index (χ0) is 14.3. The predicted molar refractivity (Wildman–Crippen MR) is 83.0 cm³/mol. The molecule has 0 spiro atoms. The van der Waals surface area contributed by atoms with E-state index in [1.54, 1.807) is 0 Å². The molecule has 1 aromatic heterocycles. The molecule has 2 bridgehead atoms. The molecule has 2 aliphatic heterocycles. The Labute approximate surface area is 128 Å². The lowest BCUT2D eigenvalue weighted by Gasteiger charge is -2.28. The van der Waals surface area contributed by atoms with E-state index in [2.05, 4.69) is 44.6 Å². The van der Waals surface area contributed by atoms with Gasteiger partial charge in [-0.2, -0.15) is 0 Å². The number of amides is 1. The highest BCUT2D eigenvalue weighted by Crippen LogP contribution is 2.31. The van der Waals surface area contributed by atoms with Crippen molar-refractivity contribution in [1.82, 2.24) is 14.8 Å². The van der Waals surface area contributed by atoms with Crippen LogP contribution in [0.2, 0.25) is 0 Å². The first-order valence-electron chi connectivity index (χ1n) is 7.48. The second kappa shape index (κ2) is 5.53. The average Bonchev–Trinajstić information content (AvgIpc) is 2.88. The summed E-state index contributed by atoms with van der Waals surface area (Å²) in [5.74, 6) is 0.195. The van der Waals surface area contributed by atoms with E-state index in [0.717, 1.165) is 42.5 Å². The van der Waals surface area contributed by atoms with Crippen LogP contribution in [0.25, 0.3) is 0 Å². The molecule has 5 heteroatoms. The molecule has 2 fully saturated rings. The summed E-state index contributed by atoms with van der Waals surface area (Å²) in [5, 5.41) is 3.45. The Morgan fingerprint density at radius 3 is 2.85 bits per heavy atom. The molecule has 0 saturated carbocycles. The Bertz CT molecular complexity index is 497. The van der Waals surface area contributed by atoms with Crippen molar-refractivity contribution in [3.63, 3.8) is 0 Å². The number of carbonyl (C=O) groups is 1. The summed E-state index contributed by atoms with van der Waals surface area (Å²) < 4.78 is 3.05. The highest BCUT2D eigenvalue weighted by molar-refractivity contribution is 9.10. The van der Waals surface area contributed by atoms with Crippen molar-refractivity contribution in [2.75, 3.05) is 13.1 Å². The number of rotatable bonds is 2. The Balaban J connectivity index is 1.92. The van der Waals surface area contributed by atoms with E-state index in [1.807, 2.05) is 12.3 Å². The van der Waals surface area contributed by atoms with Gasteiger partial charge in [0.25, 0.3) is 5.91 Å². The minimum Gasteiger partial charge on any atom is -0.340 e. The van der Waals surface area contributed by atoms with Gasteiger partial charge in [0.2, 0.25) is 0 Å². The van der Waals surface area contributed by atoms with Gasteiger partial charge >= 0.3 is 0 Å². The highest BCUT2D eigenvalue weighted by Gasteiger charge is 2.39. The molecule has 2 unspecified atom stereocenters. The molecule has 110 valence electrons. The minimum absolute atomic E-state index is 0.195. The van der Waals surface area contributed by atoms with E-state index in [9.17, 15) is 4.79 Å². The fourth-order valence-corrected chi connectivity index (χ4v) is 3.93. The van der Waals surface area contributed by atoms with Crippen LogP contribution in [0, 0.1) is 0 Å². The van der Waals surface area contributed by atoms with Gasteiger partial charge in [0.15, 0.2) is 0 Å². The van der Waals surface area contributed by atoms with Crippen LogP contribution in [0.1, 0.15) is 49.6 Å². The molecule has 3 rings (SSSR count). The largest absolute Gasteiger partial charge is 0.340 e. The van der Waals surface area contributed by atoms with Gasteiger partial charge in [-0.1, -0.05) is 0 Å². The average molecular weight is 340 g/mol. The molecule has 20 heavy (non-hydrogen) atoms. The van der Waals surface area contributed by atoms with Crippen LogP contribution < -0.4 is 5.32 Å². The van der Waals surface area contributed by atoms with Crippen molar-refractivity contribution in [3.8, 4) is 0 Å². The minimum atomic E-state index is 0.195. The van der Waals surface area contributed by atoms with Gasteiger partial charge in [-0.25, -0.2) is 0 Å². The number of aromatic nitrogens is 1. The third-order valence-electron chi connectivity index (χ3n) is 4.48. The number of carbonyl (C=O) groups excluding carboxylic acids is 1. The van der Waals surface area contributed by atoms with Crippen molar-refractivity contribution in [2.24, 2.45) is 0 Å². The molecule has 2 aliphatic rings. The Morgan fingerprint density at radius 2 is 2.10 bits per heavy atom. The van der Waals surface area contributed by atoms with Crippen LogP contribution in [0.15, 0.2) is 16.7 Å². The van der Waals surface area contributed by atoms with E-state index in [1.165, 1.54) is 0 Å². The first-order chi connectivity index (χ1) is 9.58. The van der Waals surface area contributed by atoms with Crippen LogP contribution in [-0.2, 0) is 0 Å². The maximum Gasteiger partial charge on any atom is 0.271 e. The summed E-state index contributed by atoms with van der Waals surface area (Å²) in [6, 6.07) is 3.03. The fourth-order valence-electron chi connectivity index (χ4n) is 3.49. The van der Waals surface area contributed by atoms with Crippen molar-refractivity contribution >= 4 is 21.8 Å². The second-order valence-electron chi connectivity index (χ2n) is 6.13. The number of halogens is 1. The van der Waals surface area contributed by atoms with Crippen molar-refractivity contribution in [2.45, 2.75) is 51.2 Å². The molecule has 0 aromatic carbocycles. The van der Waals surface area contributed by atoms with E-state index >= 15 is 0 Å². The number of hydrogen-bond acceptors (Lipinski definition) is 2. The van der Waals surface area contributed by atoms with E-state index in [0.29, 0.717) is 18.1 Å². The SMILES string of the molecule is CC(C)n1cc(Br)cc1C(=O)N1C2CCNCC1CC2. The molecule has 2 saturated heterocycles. The summed E-state index contributed by atoms with van der Waals surface area (Å²) >= 11 is 3.50. The third kappa shape index (κ3) is 2.42. The zero-order valence-corrected chi connectivity index (χ0v) is 13.7. The standard InChI is InChI=1S/C15H22BrN3O/c1-10(2)18-9-11(16)7-14(18)15(20)19-12-3-4-13(19)8-17-6-5-12/h7,9-10,12-13,17H,3-6,8H2,1-2H3. The van der Waals surface area contributed by atoms with E-state index in [4.69, 9.17) is 0 Å². The normalized spacial score (nSPS) is 26.1. The highest BCUT2D eigenvalue weighted by atomic mass is 79.9. The number of nitrogens with one attached hydrogen (secondary N) is 1. The second-order valence-corrected chi connectivity index (χ2v) is 7.05. The van der Waals surface area contributed by atoms with E-state index in [-0.39, 0.29) is 5.91 Å². The monoisotopic (exact) mass is 339 g/mol. The third-order valence-corrected chi connectivity index (χ3v) is 4.91. The molecule has 2 atom stereocenters. The first-order valence-corrected chi connectivity index (χ1v) is 8.28. The summed E-state index contributed by atoms with van der Waals surface area (Å²) in [6.07, 6.45) is 5.37. The first kappa shape index (κ1) is 14.1. The van der Waals surface area contributed by atoms with E-state index < -0.39 is 0 Å². The van der Waals surface area contributed by atoms with Gasteiger partial charge < -0.3 is 14.8 Å². The zero-order valence-electron chi connectivity index (χ0n) is 12.1. The Kier molecular flexibility index (Phi) is 3.91. The maximum absolute atomic E-state index is 13.0. The van der Waals surface area contributed by atoms with Crippen LogP contribution in [-0.4, -0.2) is 40.5 Å². The lowest BCUT2D eigenvalue weighted by molar-refractivity contribution is 0.0667. The van der Waals surface area contributed by atoms with Crippen LogP contribution in [0.4, 0.5) is 0 Å². The fraction of sp³-hybridized carbons (Fsp3) is 0.667. The molecule has 0 aliphatic carbocycles. The lowest BCUT2D eigenvalue weighted by atomic mass is 10.1. The summed E-state index contributed by atoms with van der Waals surface area (Å²) in [5.41, 5.74) is 0.811. The number of fused-ring (bicyclic) bond motifs is 2.